The molecule has 1 N–H and O–H groups in total. The van der Waals surface area contributed by atoms with Gasteiger partial charge in [0.25, 0.3) is 0 Å². The number of benzene rings is 1. The predicted octanol–water partition coefficient (Wildman–Crippen LogP) is 3.57. The van der Waals surface area contributed by atoms with Gasteiger partial charge in [-0.1, -0.05) is 18.2 Å². The second-order valence-corrected chi connectivity index (χ2v) is 4.90. The number of nitrogens with zero attached hydrogens (tertiary/aromatic N) is 1. The molecule has 0 aliphatic heterocycles. The molecular weight excluding hydrogens is 297 g/mol. The van der Waals surface area contributed by atoms with Crippen LogP contribution >= 0.6 is 15.9 Å². The van der Waals surface area contributed by atoms with E-state index >= 15 is 0 Å². The summed E-state index contributed by atoms with van der Waals surface area (Å²) in [6.45, 7) is 1.85. The molecule has 2 aromatic rings. The molecule has 0 saturated carbocycles. The summed E-state index contributed by atoms with van der Waals surface area (Å²) in [6.07, 6.45) is 1.35. The van der Waals surface area contributed by atoms with Gasteiger partial charge in [0.1, 0.15) is 5.82 Å². The molecule has 0 amide bonds. The molecule has 4 heteroatoms. The topological polar surface area (TPSA) is 33.1 Å². The second-order valence-electron chi connectivity index (χ2n) is 4.11. The predicted molar refractivity (Wildman–Crippen MR) is 71.7 cm³/mol. The number of aliphatic hydroxyl groups is 1. The van der Waals surface area contributed by atoms with Gasteiger partial charge in [-0.15, -0.1) is 0 Å². The lowest BCUT2D eigenvalue weighted by Gasteiger charge is -2.14. The van der Waals surface area contributed by atoms with Crippen molar-refractivity contribution < 1.29 is 9.50 Å². The van der Waals surface area contributed by atoms with Crippen LogP contribution in [0.2, 0.25) is 0 Å². The van der Waals surface area contributed by atoms with E-state index in [1.54, 1.807) is 24.4 Å². The van der Waals surface area contributed by atoms with Crippen molar-refractivity contribution in [3.63, 3.8) is 0 Å². The monoisotopic (exact) mass is 309 g/mol. The third-order valence-corrected chi connectivity index (χ3v) is 3.74. The Labute approximate surface area is 114 Å². The summed E-state index contributed by atoms with van der Waals surface area (Å²) >= 11 is 3.20. The van der Waals surface area contributed by atoms with Crippen LogP contribution < -0.4 is 0 Å². The van der Waals surface area contributed by atoms with Gasteiger partial charge in [-0.05, 0) is 40.5 Å². The van der Waals surface area contributed by atoms with Gasteiger partial charge in [0.05, 0.1) is 10.6 Å². The SMILES string of the molecule is Cc1ncccc1C(O)Cc1cccc(F)c1Br. The van der Waals surface area contributed by atoms with E-state index in [0.29, 0.717) is 10.9 Å². The molecule has 0 fully saturated rings. The van der Waals surface area contributed by atoms with Crippen LogP contribution in [0.5, 0.6) is 0 Å². The lowest BCUT2D eigenvalue weighted by atomic mass is 10.0. The fourth-order valence-corrected chi connectivity index (χ4v) is 2.30. The van der Waals surface area contributed by atoms with E-state index in [4.69, 9.17) is 0 Å². The second kappa shape index (κ2) is 5.59. The molecule has 1 atom stereocenters. The lowest BCUT2D eigenvalue weighted by molar-refractivity contribution is 0.177. The Bertz CT molecular complexity index is 559. The largest absolute Gasteiger partial charge is 0.388 e. The van der Waals surface area contributed by atoms with Gasteiger partial charge in [0.15, 0.2) is 0 Å². The Balaban J connectivity index is 2.24. The number of aromatic nitrogens is 1. The molecule has 0 aliphatic rings. The third-order valence-electron chi connectivity index (χ3n) is 2.85. The van der Waals surface area contributed by atoms with E-state index in [1.807, 2.05) is 13.0 Å². The highest BCUT2D eigenvalue weighted by atomic mass is 79.9. The molecule has 1 unspecified atom stereocenters. The summed E-state index contributed by atoms with van der Waals surface area (Å²) in [5, 5.41) is 10.2. The number of hydrogen-bond donors (Lipinski definition) is 1. The van der Waals surface area contributed by atoms with Crippen molar-refractivity contribution in [3.8, 4) is 0 Å². The highest BCUT2D eigenvalue weighted by molar-refractivity contribution is 9.10. The van der Waals surface area contributed by atoms with E-state index in [2.05, 4.69) is 20.9 Å². The first-order chi connectivity index (χ1) is 8.59. The maximum Gasteiger partial charge on any atom is 0.137 e. The summed E-state index contributed by atoms with van der Waals surface area (Å²) in [7, 11) is 0. The summed E-state index contributed by atoms with van der Waals surface area (Å²) < 4.78 is 13.8. The van der Waals surface area contributed by atoms with Crippen LogP contribution in [0.1, 0.15) is 22.9 Å². The van der Waals surface area contributed by atoms with Crippen molar-refractivity contribution in [3.05, 3.63) is 63.6 Å². The van der Waals surface area contributed by atoms with Crippen molar-refractivity contribution in [1.29, 1.82) is 0 Å². The van der Waals surface area contributed by atoms with Crippen molar-refractivity contribution in [1.82, 2.24) is 4.98 Å². The minimum atomic E-state index is -0.684. The smallest absolute Gasteiger partial charge is 0.137 e. The molecule has 18 heavy (non-hydrogen) atoms. The first-order valence-electron chi connectivity index (χ1n) is 5.62. The summed E-state index contributed by atoms with van der Waals surface area (Å²) in [6, 6.07) is 8.43. The van der Waals surface area contributed by atoms with Gasteiger partial charge in [-0.2, -0.15) is 0 Å². The molecule has 0 saturated heterocycles. The highest BCUT2D eigenvalue weighted by Gasteiger charge is 2.14. The normalized spacial score (nSPS) is 12.4. The molecule has 94 valence electrons. The van der Waals surface area contributed by atoms with Gasteiger partial charge in [0.2, 0.25) is 0 Å². The zero-order chi connectivity index (χ0) is 13.1. The number of aliphatic hydroxyl groups excluding tert-OH is 1. The van der Waals surface area contributed by atoms with Crippen LogP contribution in [-0.4, -0.2) is 10.1 Å². The van der Waals surface area contributed by atoms with E-state index in [9.17, 15) is 9.50 Å². The fraction of sp³-hybridized carbons (Fsp3) is 0.214. The number of aryl methyl sites for hydroxylation is 1. The first-order valence-corrected chi connectivity index (χ1v) is 6.41. The molecule has 0 radical (unpaired) electrons. The number of halogens is 2. The summed E-state index contributed by atoms with van der Waals surface area (Å²) in [4.78, 5) is 4.14. The molecule has 0 spiro atoms. The van der Waals surface area contributed by atoms with Crippen molar-refractivity contribution in [2.75, 3.05) is 0 Å². The van der Waals surface area contributed by atoms with E-state index in [-0.39, 0.29) is 5.82 Å². The van der Waals surface area contributed by atoms with Crippen LogP contribution in [-0.2, 0) is 6.42 Å². The third kappa shape index (κ3) is 2.76. The molecule has 2 nitrogen and oxygen atoms in total. The summed E-state index contributed by atoms with van der Waals surface area (Å²) in [5.41, 5.74) is 2.30. The highest BCUT2D eigenvalue weighted by Crippen LogP contribution is 2.26. The van der Waals surface area contributed by atoms with E-state index < -0.39 is 6.10 Å². The number of hydrogen-bond acceptors (Lipinski definition) is 2. The van der Waals surface area contributed by atoms with Gasteiger partial charge in [-0.3, -0.25) is 4.98 Å². The molecule has 1 aromatic carbocycles. The van der Waals surface area contributed by atoms with Crippen molar-refractivity contribution in [2.45, 2.75) is 19.4 Å². The molecule has 1 heterocycles. The summed E-state index contributed by atoms with van der Waals surface area (Å²) in [5.74, 6) is -0.317. The molecule has 0 bridgehead atoms. The van der Waals surface area contributed by atoms with Crippen molar-refractivity contribution in [2.24, 2.45) is 0 Å². The Morgan fingerprint density at radius 3 is 2.83 bits per heavy atom. The standard InChI is InChI=1S/C14H13BrFNO/c1-9-11(5-3-7-17-9)13(18)8-10-4-2-6-12(16)14(10)15/h2-7,13,18H,8H2,1H3. The molecule has 0 aliphatic carbocycles. The van der Waals surface area contributed by atoms with Crippen LogP contribution in [0.15, 0.2) is 41.0 Å². The van der Waals surface area contributed by atoms with Crippen molar-refractivity contribution >= 4 is 15.9 Å². The number of rotatable bonds is 3. The molecular formula is C14H13BrFNO. The van der Waals surface area contributed by atoms with Gasteiger partial charge >= 0.3 is 0 Å². The fourth-order valence-electron chi connectivity index (χ4n) is 1.87. The number of pyridine rings is 1. The van der Waals surface area contributed by atoms with Crippen LogP contribution in [0.4, 0.5) is 4.39 Å². The minimum Gasteiger partial charge on any atom is -0.388 e. The van der Waals surface area contributed by atoms with E-state index in [0.717, 1.165) is 16.8 Å². The minimum absolute atomic E-state index is 0.317. The van der Waals surface area contributed by atoms with Crippen LogP contribution in [0.3, 0.4) is 0 Å². The zero-order valence-corrected chi connectivity index (χ0v) is 11.5. The molecule has 2 rings (SSSR count). The zero-order valence-electron chi connectivity index (χ0n) is 9.90. The maximum atomic E-state index is 13.4. The van der Waals surface area contributed by atoms with Gasteiger partial charge < -0.3 is 5.11 Å². The quantitative estimate of drug-likeness (QED) is 0.940. The van der Waals surface area contributed by atoms with E-state index in [1.165, 1.54) is 6.07 Å². The van der Waals surface area contributed by atoms with Crippen LogP contribution in [0.25, 0.3) is 0 Å². The van der Waals surface area contributed by atoms with Gasteiger partial charge in [-0.25, -0.2) is 4.39 Å². The van der Waals surface area contributed by atoms with Gasteiger partial charge in [0, 0.05) is 23.9 Å². The maximum absolute atomic E-state index is 13.4. The van der Waals surface area contributed by atoms with Crippen LogP contribution in [0, 0.1) is 12.7 Å². The lowest BCUT2D eigenvalue weighted by Crippen LogP contribution is -2.05. The Kier molecular flexibility index (Phi) is 4.09. The Hall–Kier alpha value is -1.26. The average molecular weight is 310 g/mol. The first kappa shape index (κ1) is 13.2. The average Bonchev–Trinajstić information content (AvgIpc) is 2.35. The molecule has 1 aromatic heterocycles. The Morgan fingerprint density at radius 2 is 2.11 bits per heavy atom. The Morgan fingerprint density at radius 1 is 1.33 bits per heavy atom.